The summed E-state index contributed by atoms with van der Waals surface area (Å²) in [6, 6.07) is 9.05. The predicted molar refractivity (Wildman–Crippen MR) is 65.5 cm³/mol. The van der Waals surface area contributed by atoms with Crippen LogP contribution in [0.3, 0.4) is 0 Å². The van der Waals surface area contributed by atoms with Gasteiger partial charge in [0.25, 0.3) is 0 Å². The van der Waals surface area contributed by atoms with Crippen molar-refractivity contribution < 1.29 is 22.7 Å². The molecule has 0 saturated carbocycles. The van der Waals surface area contributed by atoms with E-state index in [1.807, 2.05) is 18.2 Å². The molecule has 0 fully saturated rings. The zero-order chi connectivity index (χ0) is 14.3. The summed E-state index contributed by atoms with van der Waals surface area (Å²) in [7, 11) is 0. The standard InChI is InChI=1S/C14H17F3O2/c1-11(18)19-13(12-7-3-2-4-8-12)9-5-6-10-14(15,16)17/h2-4,7-8,13H,5-6,9-10H2,1H3/t13-/m1/s1. The predicted octanol–water partition coefficient (Wildman–Crippen LogP) is 4.41. The lowest BCUT2D eigenvalue weighted by Crippen LogP contribution is -2.10. The van der Waals surface area contributed by atoms with Gasteiger partial charge in [-0.2, -0.15) is 13.2 Å². The van der Waals surface area contributed by atoms with E-state index >= 15 is 0 Å². The first-order valence-electron chi connectivity index (χ1n) is 6.17. The molecule has 0 heterocycles. The van der Waals surface area contributed by atoms with E-state index in [4.69, 9.17) is 4.74 Å². The molecule has 19 heavy (non-hydrogen) atoms. The third-order valence-electron chi connectivity index (χ3n) is 2.66. The van der Waals surface area contributed by atoms with Gasteiger partial charge in [-0.1, -0.05) is 30.3 Å². The number of hydrogen-bond donors (Lipinski definition) is 0. The maximum absolute atomic E-state index is 12.0. The molecule has 0 aliphatic heterocycles. The average molecular weight is 274 g/mol. The molecule has 0 bridgehead atoms. The zero-order valence-electron chi connectivity index (χ0n) is 10.7. The van der Waals surface area contributed by atoms with Gasteiger partial charge in [0, 0.05) is 13.3 Å². The second kappa shape index (κ2) is 7.16. The van der Waals surface area contributed by atoms with Gasteiger partial charge in [0.15, 0.2) is 0 Å². The Morgan fingerprint density at radius 3 is 2.37 bits per heavy atom. The van der Waals surface area contributed by atoms with Crippen LogP contribution in [0.25, 0.3) is 0 Å². The van der Waals surface area contributed by atoms with Crippen molar-refractivity contribution in [1.29, 1.82) is 0 Å². The molecule has 5 heteroatoms. The molecule has 0 unspecified atom stereocenters. The van der Waals surface area contributed by atoms with Gasteiger partial charge in [-0.25, -0.2) is 0 Å². The molecule has 1 aromatic rings. The number of hydrogen-bond acceptors (Lipinski definition) is 2. The molecule has 106 valence electrons. The van der Waals surface area contributed by atoms with Crippen molar-refractivity contribution in [3.05, 3.63) is 35.9 Å². The molecule has 0 amide bonds. The minimum absolute atomic E-state index is 0.0497. The first-order chi connectivity index (χ1) is 8.88. The highest BCUT2D eigenvalue weighted by Crippen LogP contribution is 2.27. The van der Waals surface area contributed by atoms with E-state index in [1.165, 1.54) is 6.92 Å². The maximum Gasteiger partial charge on any atom is 0.389 e. The summed E-state index contributed by atoms with van der Waals surface area (Å²) in [5, 5.41) is 0. The van der Waals surface area contributed by atoms with Crippen LogP contribution >= 0.6 is 0 Å². The van der Waals surface area contributed by atoms with Crippen LogP contribution in [-0.2, 0) is 9.53 Å². The number of unbranched alkanes of at least 4 members (excludes halogenated alkanes) is 1. The minimum Gasteiger partial charge on any atom is -0.458 e. The monoisotopic (exact) mass is 274 g/mol. The number of halogens is 3. The molecule has 0 spiro atoms. The van der Waals surface area contributed by atoms with Crippen LogP contribution in [0, 0.1) is 0 Å². The lowest BCUT2D eigenvalue weighted by Gasteiger charge is -2.17. The molecule has 0 radical (unpaired) electrons. The molecule has 1 atom stereocenters. The number of benzene rings is 1. The summed E-state index contributed by atoms with van der Waals surface area (Å²) in [4.78, 5) is 11.0. The Hall–Kier alpha value is -1.52. The highest BCUT2D eigenvalue weighted by atomic mass is 19.4. The average Bonchev–Trinajstić information content (AvgIpc) is 2.32. The SMILES string of the molecule is CC(=O)O[C@H](CCCCC(F)(F)F)c1ccccc1. The van der Waals surface area contributed by atoms with Crippen molar-refractivity contribution in [1.82, 2.24) is 0 Å². The van der Waals surface area contributed by atoms with Crippen molar-refractivity contribution in [2.45, 2.75) is 44.9 Å². The van der Waals surface area contributed by atoms with Crippen LogP contribution < -0.4 is 0 Å². The van der Waals surface area contributed by atoms with E-state index in [2.05, 4.69) is 0 Å². The normalized spacial score (nSPS) is 13.1. The third kappa shape index (κ3) is 6.84. The Morgan fingerprint density at radius 2 is 1.84 bits per heavy atom. The fourth-order valence-corrected chi connectivity index (χ4v) is 1.82. The van der Waals surface area contributed by atoms with Crippen LogP contribution in [0.5, 0.6) is 0 Å². The molecule has 0 aliphatic rings. The van der Waals surface area contributed by atoms with E-state index in [0.29, 0.717) is 12.8 Å². The van der Waals surface area contributed by atoms with Crippen molar-refractivity contribution in [3.8, 4) is 0 Å². The zero-order valence-corrected chi connectivity index (χ0v) is 10.7. The maximum atomic E-state index is 12.0. The Morgan fingerprint density at radius 1 is 1.21 bits per heavy atom. The van der Waals surface area contributed by atoms with Gasteiger partial charge in [0.05, 0.1) is 0 Å². The van der Waals surface area contributed by atoms with Crippen molar-refractivity contribution in [3.63, 3.8) is 0 Å². The highest BCUT2D eigenvalue weighted by molar-refractivity contribution is 5.66. The number of alkyl halides is 3. The van der Waals surface area contributed by atoms with Crippen molar-refractivity contribution in [2.75, 3.05) is 0 Å². The van der Waals surface area contributed by atoms with Gasteiger partial charge in [0.1, 0.15) is 6.10 Å². The summed E-state index contributed by atoms with van der Waals surface area (Å²) in [5.74, 6) is -0.426. The lowest BCUT2D eigenvalue weighted by atomic mass is 10.0. The summed E-state index contributed by atoms with van der Waals surface area (Å²) >= 11 is 0. The van der Waals surface area contributed by atoms with Gasteiger partial charge in [-0.05, 0) is 24.8 Å². The first kappa shape index (κ1) is 15.5. The van der Waals surface area contributed by atoms with E-state index in [-0.39, 0.29) is 6.42 Å². The molecular weight excluding hydrogens is 257 g/mol. The summed E-state index contributed by atoms with van der Waals surface area (Å²) in [6.07, 6.45) is -4.56. The van der Waals surface area contributed by atoms with Crippen LogP contribution in [0.15, 0.2) is 30.3 Å². The van der Waals surface area contributed by atoms with Gasteiger partial charge in [-0.15, -0.1) is 0 Å². The third-order valence-corrected chi connectivity index (χ3v) is 2.66. The van der Waals surface area contributed by atoms with Crippen molar-refractivity contribution in [2.24, 2.45) is 0 Å². The van der Waals surface area contributed by atoms with E-state index < -0.39 is 24.7 Å². The van der Waals surface area contributed by atoms with Gasteiger partial charge >= 0.3 is 12.1 Å². The Labute approximate surface area is 110 Å². The van der Waals surface area contributed by atoms with Crippen LogP contribution in [0.4, 0.5) is 13.2 Å². The van der Waals surface area contributed by atoms with Crippen LogP contribution in [0.2, 0.25) is 0 Å². The molecule has 2 nitrogen and oxygen atoms in total. The highest BCUT2D eigenvalue weighted by Gasteiger charge is 2.26. The van der Waals surface area contributed by atoms with Gasteiger partial charge in [0.2, 0.25) is 0 Å². The van der Waals surface area contributed by atoms with Crippen LogP contribution in [0.1, 0.15) is 44.3 Å². The molecule has 0 aromatic heterocycles. The van der Waals surface area contributed by atoms with Gasteiger partial charge in [-0.3, -0.25) is 4.79 Å². The smallest absolute Gasteiger partial charge is 0.389 e. The Kier molecular flexibility index (Phi) is 5.86. The number of rotatable bonds is 6. The second-order valence-electron chi connectivity index (χ2n) is 4.37. The number of carbonyl (C=O) groups excluding carboxylic acids is 1. The fourth-order valence-electron chi connectivity index (χ4n) is 1.82. The summed E-state index contributed by atoms with van der Waals surface area (Å²) in [6.45, 7) is 1.30. The quantitative estimate of drug-likeness (QED) is 0.567. The molecule has 1 rings (SSSR count). The molecule has 0 saturated heterocycles. The minimum atomic E-state index is -4.12. The Bertz CT molecular complexity index is 387. The molecule has 0 N–H and O–H groups in total. The molecule has 1 aromatic carbocycles. The van der Waals surface area contributed by atoms with Crippen LogP contribution in [-0.4, -0.2) is 12.1 Å². The summed E-state index contributed by atoms with van der Waals surface area (Å²) < 4.78 is 41.2. The number of ether oxygens (including phenoxy) is 1. The number of carbonyl (C=O) groups is 1. The van der Waals surface area contributed by atoms with E-state index in [1.54, 1.807) is 12.1 Å². The largest absolute Gasteiger partial charge is 0.458 e. The van der Waals surface area contributed by atoms with E-state index in [9.17, 15) is 18.0 Å². The summed E-state index contributed by atoms with van der Waals surface area (Å²) in [5.41, 5.74) is 0.810. The van der Waals surface area contributed by atoms with Gasteiger partial charge < -0.3 is 4.74 Å². The molecular formula is C14H17F3O2. The second-order valence-corrected chi connectivity index (χ2v) is 4.37. The van der Waals surface area contributed by atoms with Crippen molar-refractivity contribution >= 4 is 5.97 Å². The lowest BCUT2D eigenvalue weighted by molar-refractivity contribution is -0.148. The topological polar surface area (TPSA) is 26.3 Å². The number of esters is 1. The molecule has 0 aliphatic carbocycles. The van der Waals surface area contributed by atoms with E-state index in [0.717, 1.165) is 5.56 Å². The Balaban J connectivity index is 2.50. The first-order valence-corrected chi connectivity index (χ1v) is 6.17. The fraction of sp³-hybridized carbons (Fsp3) is 0.500.